The van der Waals surface area contributed by atoms with E-state index in [9.17, 15) is 13.2 Å². The van der Waals surface area contributed by atoms with Crippen LogP contribution < -0.4 is 4.90 Å². The normalized spacial score (nSPS) is 15.3. The summed E-state index contributed by atoms with van der Waals surface area (Å²) >= 11 is 0. The Labute approximate surface area is 164 Å². The number of aromatic nitrogens is 3. The molecular weight excluding hydrogens is 377 g/mol. The van der Waals surface area contributed by atoms with Crippen LogP contribution in [0.5, 0.6) is 0 Å². The Morgan fingerprint density at radius 2 is 1.66 bits per heavy atom. The SMILES string of the molecule is Fc1cccc(-c2ccc3c(N4CC(F)(F)C4)nc(-c4cccnc4)nc3c2)c1. The van der Waals surface area contributed by atoms with Crippen LogP contribution in [0.2, 0.25) is 0 Å². The maximum Gasteiger partial charge on any atom is 0.282 e. The van der Waals surface area contributed by atoms with Crippen LogP contribution in [0.4, 0.5) is 19.0 Å². The van der Waals surface area contributed by atoms with Crippen molar-refractivity contribution >= 4 is 16.7 Å². The topological polar surface area (TPSA) is 41.9 Å². The van der Waals surface area contributed by atoms with Gasteiger partial charge in [-0.2, -0.15) is 0 Å². The van der Waals surface area contributed by atoms with Crippen LogP contribution in [0.1, 0.15) is 0 Å². The van der Waals surface area contributed by atoms with Crippen LogP contribution in [0.25, 0.3) is 33.4 Å². The molecule has 0 radical (unpaired) electrons. The first-order valence-corrected chi connectivity index (χ1v) is 9.09. The zero-order chi connectivity index (χ0) is 20.0. The molecule has 0 spiro atoms. The van der Waals surface area contributed by atoms with Gasteiger partial charge in [0.1, 0.15) is 11.6 Å². The molecule has 1 aliphatic heterocycles. The van der Waals surface area contributed by atoms with Gasteiger partial charge in [-0.05, 0) is 47.5 Å². The molecule has 0 aliphatic carbocycles. The smallest absolute Gasteiger partial charge is 0.282 e. The highest BCUT2D eigenvalue weighted by Crippen LogP contribution is 2.36. The van der Waals surface area contributed by atoms with Crippen molar-refractivity contribution in [2.45, 2.75) is 5.92 Å². The van der Waals surface area contributed by atoms with Gasteiger partial charge in [-0.3, -0.25) is 4.98 Å². The molecule has 5 rings (SSSR count). The fourth-order valence-electron chi connectivity index (χ4n) is 3.49. The molecule has 2 aromatic heterocycles. The second-order valence-electron chi connectivity index (χ2n) is 7.07. The quantitative estimate of drug-likeness (QED) is 0.495. The predicted molar refractivity (Wildman–Crippen MR) is 105 cm³/mol. The lowest BCUT2D eigenvalue weighted by Gasteiger charge is -2.40. The van der Waals surface area contributed by atoms with Gasteiger partial charge in [-0.1, -0.05) is 18.2 Å². The third-order valence-corrected chi connectivity index (χ3v) is 4.90. The Morgan fingerprint density at radius 3 is 2.38 bits per heavy atom. The van der Waals surface area contributed by atoms with Gasteiger partial charge in [-0.25, -0.2) is 23.1 Å². The molecule has 4 nitrogen and oxygen atoms in total. The molecule has 0 unspecified atom stereocenters. The molecule has 29 heavy (non-hydrogen) atoms. The molecule has 2 aromatic carbocycles. The molecule has 1 fully saturated rings. The van der Waals surface area contributed by atoms with E-state index in [1.54, 1.807) is 35.5 Å². The Balaban J connectivity index is 1.68. The summed E-state index contributed by atoms with van der Waals surface area (Å²) in [7, 11) is 0. The summed E-state index contributed by atoms with van der Waals surface area (Å²) in [6.45, 7) is -0.755. The molecule has 4 aromatic rings. The van der Waals surface area contributed by atoms with Crippen LogP contribution in [0.3, 0.4) is 0 Å². The number of fused-ring (bicyclic) bond motifs is 1. The standard InChI is InChI=1S/C22H15F3N4/c23-17-5-1-3-14(9-17)15-6-7-18-19(10-15)27-20(16-4-2-8-26-11-16)28-21(18)29-12-22(24,25)13-29/h1-11H,12-13H2. The zero-order valence-corrected chi connectivity index (χ0v) is 15.2. The van der Waals surface area contributed by atoms with Crippen molar-refractivity contribution in [2.75, 3.05) is 18.0 Å². The van der Waals surface area contributed by atoms with Gasteiger partial charge in [-0.15, -0.1) is 0 Å². The number of anilines is 1. The number of hydrogen-bond acceptors (Lipinski definition) is 4. The fourth-order valence-corrected chi connectivity index (χ4v) is 3.49. The number of pyridine rings is 1. The van der Waals surface area contributed by atoms with E-state index in [4.69, 9.17) is 0 Å². The van der Waals surface area contributed by atoms with Gasteiger partial charge in [0.15, 0.2) is 5.82 Å². The third kappa shape index (κ3) is 3.29. The van der Waals surface area contributed by atoms with E-state index in [1.165, 1.54) is 12.1 Å². The van der Waals surface area contributed by atoms with Gasteiger partial charge in [0.05, 0.1) is 18.6 Å². The molecule has 3 heterocycles. The molecule has 0 amide bonds. The molecule has 144 valence electrons. The average molecular weight is 392 g/mol. The predicted octanol–water partition coefficient (Wildman–Crippen LogP) is 4.95. The van der Waals surface area contributed by atoms with Gasteiger partial charge in [0.25, 0.3) is 5.92 Å². The minimum Gasteiger partial charge on any atom is -0.344 e. The Bertz CT molecular complexity index is 1200. The number of alkyl halides is 2. The fraction of sp³-hybridized carbons (Fsp3) is 0.136. The van der Waals surface area contributed by atoms with Crippen molar-refractivity contribution in [3.05, 3.63) is 72.8 Å². The number of rotatable bonds is 3. The van der Waals surface area contributed by atoms with Gasteiger partial charge < -0.3 is 4.90 Å². The Kier molecular flexibility index (Phi) is 3.97. The van der Waals surface area contributed by atoms with Crippen molar-refractivity contribution in [1.82, 2.24) is 15.0 Å². The van der Waals surface area contributed by atoms with Crippen molar-refractivity contribution in [3.63, 3.8) is 0 Å². The minimum absolute atomic E-state index is 0.329. The van der Waals surface area contributed by atoms with Crippen LogP contribution in [-0.4, -0.2) is 34.0 Å². The van der Waals surface area contributed by atoms with Crippen molar-refractivity contribution in [3.8, 4) is 22.5 Å². The molecule has 7 heteroatoms. The van der Waals surface area contributed by atoms with E-state index in [2.05, 4.69) is 15.0 Å². The van der Waals surface area contributed by atoms with E-state index < -0.39 is 5.92 Å². The van der Waals surface area contributed by atoms with Crippen molar-refractivity contribution < 1.29 is 13.2 Å². The summed E-state index contributed by atoms with van der Waals surface area (Å²) in [4.78, 5) is 14.8. The van der Waals surface area contributed by atoms with E-state index in [0.29, 0.717) is 33.7 Å². The molecule has 0 atom stereocenters. The summed E-state index contributed by atoms with van der Waals surface area (Å²) in [5, 5.41) is 0.674. The molecular formula is C22H15F3N4. The second kappa shape index (κ2) is 6.55. The van der Waals surface area contributed by atoms with E-state index in [-0.39, 0.29) is 18.9 Å². The maximum absolute atomic E-state index is 13.6. The van der Waals surface area contributed by atoms with Crippen molar-refractivity contribution in [1.29, 1.82) is 0 Å². The van der Waals surface area contributed by atoms with Crippen LogP contribution in [0.15, 0.2) is 67.0 Å². The van der Waals surface area contributed by atoms with E-state index in [1.807, 2.05) is 24.3 Å². The molecule has 0 N–H and O–H groups in total. The molecule has 0 bridgehead atoms. The third-order valence-electron chi connectivity index (χ3n) is 4.90. The summed E-state index contributed by atoms with van der Waals surface area (Å²) in [5.41, 5.74) is 2.79. The van der Waals surface area contributed by atoms with Crippen LogP contribution in [-0.2, 0) is 0 Å². The van der Waals surface area contributed by atoms with E-state index >= 15 is 0 Å². The van der Waals surface area contributed by atoms with Crippen LogP contribution >= 0.6 is 0 Å². The lowest BCUT2D eigenvalue weighted by atomic mass is 10.0. The summed E-state index contributed by atoms with van der Waals surface area (Å²) < 4.78 is 40.6. The first-order chi connectivity index (χ1) is 14.0. The summed E-state index contributed by atoms with van der Waals surface area (Å²) in [5.74, 6) is -2.17. The lowest BCUT2D eigenvalue weighted by molar-refractivity contribution is -0.0265. The molecule has 1 aliphatic rings. The average Bonchev–Trinajstić information content (AvgIpc) is 2.71. The van der Waals surface area contributed by atoms with Gasteiger partial charge in [0, 0.05) is 23.3 Å². The number of benzene rings is 2. The highest BCUT2D eigenvalue weighted by atomic mass is 19.3. The van der Waals surface area contributed by atoms with Gasteiger partial charge in [0.2, 0.25) is 0 Å². The van der Waals surface area contributed by atoms with Gasteiger partial charge >= 0.3 is 0 Å². The zero-order valence-electron chi connectivity index (χ0n) is 15.2. The molecule has 0 saturated carbocycles. The van der Waals surface area contributed by atoms with Crippen LogP contribution in [0, 0.1) is 5.82 Å². The summed E-state index contributed by atoms with van der Waals surface area (Å²) in [6.07, 6.45) is 3.27. The summed E-state index contributed by atoms with van der Waals surface area (Å²) in [6, 6.07) is 15.3. The first-order valence-electron chi connectivity index (χ1n) is 9.09. The number of halogens is 3. The maximum atomic E-state index is 13.6. The molecule has 1 saturated heterocycles. The van der Waals surface area contributed by atoms with E-state index in [0.717, 1.165) is 5.56 Å². The first kappa shape index (κ1) is 17.6. The number of nitrogens with zero attached hydrogens (tertiary/aromatic N) is 4. The minimum atomic E-state index is -2.72. The Morgan fingerprint density at radius 1 is 0.862 bits per heavy atom. The second-order valence-corrected chi connectivity index (χ2v) is 7.07. The number of hydrogen-bond donors (Lipinski definition) is 0. The van der Waals surface area contributed by atoms with Crippen molar-refractivity contribution in [2.24, 2.45) is 0 Å². The monoisotopic (exact) mass is 392 g/mol. The highest BCUT2D eigenvalue weighted by molar-refractivity contribution is 5.94. The highest BCUT2D eigenvalue weighted by Gasteiger charge is 2.45. The Hall–Kier alpha value is -3.48. The largest absolute Gasteiger partial charge is 0.344 e. The lowest BCUT2D eigenvalue weighted by Crippen LogP contribution is -2.56.